The first-order valence-corrected chi connectivity index (χ1v) is 6.18. The van der Waals surface area contributed by atoms with Gasteiger partial charge in [-0.1, -0.05) is 19.1 Å². The Hall–Kier alpha value is -1.02. The SMILES string of the molecule is Cc1cccc(N(C)C2CCNCC2C)c1. The molecule has 1 heterocycles. The summed E-state index contributed by atoms with van der Waals surface area (Å²) in [5, 5.41) is 3.46. The fourth-order valence-electron chi connectivity index (χ4n) is 2.61. The van der Waals surface area contributed by atoms with Crippen LogP contribution >= 0.6 is 0 Å². The van der Waals surface area contributed by atoms with E-state index in [1.807, 2.05) is 0 Å². The van der Waals surface area contributed by atoms with Crippen molar-refractivity contribution in [2.75, 3.05) is 25.0 Å². The lowest BCUT2D eigenvalue weighted by molar-refractivity contribution is 0.339. The predicted molar refractivity (Wildman–Crippen MR) is 70.0 cm³/mol. The molecular weight excluding hydrogens is 196 g/mol. The van der Waals surface area contributed by atoms with Crippen molar-refractivity contribution in [3.8, 4) is 0 Å². The van der Waals surface area contributed by atoms with Gasteiger partial charge < -0.3 is 10.2 Å². The van der Waals surface area contributed by atoms with Crippen LogP contribution in [0.15, 0.2) is 24.3 Å². The number of nitrogens with zero attached hydrogens (tertiary/aromatic N) is 1. The van der Waals surface area contributed by atoms with E-state index >= 15 is 0 Å². The van der Waals surface area contributed by atoms with Crippen molar-refractivity contribution >= 4 is 5.69 Å². The molecule has 2 unspecified atom stereocenters. The molecule has 1 saturated heterocycles. The third kappa shape index (κ3) is 2.38. The van der Waals surface area contributed by atoms with E-state index in [4.69, 9.17) is 0 Å². The van der Waals surface area contributed by atoms with Gasteiger partial charge >= 0.3 is 0 Å². The first-order chi connectivity index (χ1) is 7.68. The lowest BCUT2D eigenvalue weighted by Gasteiger charge is -2.38. The molecular formula is C14H22N2. The summed E-state index contributed by atoms with van der Waals surface area (Å²) < 4.78 is 0. The second-order valence-electron chi connectivity index (χ2n) is 4.99. The molecule has 0 spiro atoms. The predicted octanol–water partition coefficient (Wildman–Crippen LogP) is 2.43. The van der Waals surface area contributed by atoms with E-state index in [-0.39, 0.29) is 0 Å². The monoisotopic (exact) mass is 218 g/mol. The van der Waals surface area contributed by atoms with Gasteiger partial charge in [0.1, 0.15) is 0 Å². The van der Waals surface area contributed by atoms with Crippen molar-refractivity contribution in [2.45, 2.75) is 26.3 Å². The van der Waals surface area contributed by atoms with Crippen molar-refractivity contribution in [1.29, 1.82) is 0 Å². The van der Waals surface area contributed by atoms with Crippen molar-refractivity contribution in [3.05, 3.63) is 29.8 Å². The largest absolute Gasteiger partial charge is 0.371 e. The van der Waals surface area contributed by atoms with Gasteiger partial charge in [0.2, 0.25) is 0 Å². The fraction of sp³-hybridized carbons (Fsp3) is 0.571. The molecule has 1 fully saturated rings. The normalized spacial score (nSPS) is 25.4. The van der Waals surface area contributed by atoms with Gasteiger partial charge in [-0.15, -0.1) is 0 Å². The molecule has 1 aromatic rings. The van der Waals surface area contributed by atoms with Crippen LogP contribution in [0.2, 0.25) is 0 Å². The highest BCUT2D eigenvalue weighted by Gasteiger charge is 2.24. The molecule has 2 heteroatoms. The number of piperidine rings is 1. The Labute approximate surface area is 98.7 Å². The summed E-state index contributed by atoms with van der Waals surface area (Å²) in [6, 6.07) is 9.45. The van der Waals surface area contributed by atoms with Gasteiger partial charge in [0.25, 0.3) is 0 Å². The molecule has 1 aliphatic rings. The maximum Gasteiger partial charge on any atom is 0.0368 e. The Morgan fingerprint density at radius 2 is 2.19 bits per heavy atom. The minimum Gasteiger partial charge on any atom is -0.371 e. The molecule has 2 atom stereocenters. The molecule has 1 aliphatic heterocycles. The Balaban J connectivity index is 2.14. The Kier molecular flexibility index (Phi) is 3.49. The summed E-state index contributed by atoms with van der Waals surface area (Å²) in [6.45, 7) is 6.78. The van der Waals surface area contributed by atoms with Gasteiger partial charge in [-0.2, -0.15) is 0 Å². The number of nitrogens with one attached hydrogen (secondary N) is 1. The van der Waals surface area contributed by atoms with Crippen LogP contribution < -0.4 is 10.2 Å². The van der Waals surface area contributed by atoms with E-state index in [2.05, 4.69) is 55.4 Å². The maximum atomic E-state index is 3.46. The molecule has 1 aromatic carbocycles. The van der Waals surface area contributed by atoms with Crippen LogP contribution in [0.1, 0.15) is 18.9 Å². The lowest BCUT2D eigenvalue weighted by atomic mass is 9.93. The van der Waals surface area contributed by atoms with Crippen molar-refractivity contribution in [3.63, 3.8) is 0 Å². The molecule has 0 amide bonds. The second kappa shape index (κ2) is 4.88. The quantitative estimate of drug-likeness (QED) is 0.820. The number of hydrogen-bond donors (Lipinski definition) is 1. The molecule has 0 saturated carbocycles. The van der Waals surface area contributed by atoms with E-state index in [1.54, 1.807) is 0 Å². The molecule has 16 heavy (non-hydrogen) atoms. The Morgan fingerprint density at radius 3 is 2.88 bits per heavy atom. The third-order valence-electron chi connectivity index (χ3n) is 3.65. The number of hydrogen-bond acceptors (Lipinski definition) is 2. The van der Waals surface area contributed by atoms with Crippen LogP contribution in [0.5, 0.6) is 0 Å². The molecule has 88 valence electrons. The number of rotatable bonds is 2. The van der Waals surface area contributed by atoms with Gasteiger partial charge in [0, 0.05) is 18.8 Å². The summed E-state index contributed by atoms with van der Waals surface area (Å²) in [4.78, 5) is 2.44. The molecule has 2 rings (SSSR count). The smallest absolute Gasteiger partial charge is 0.0368 e. The van der Waals surface area contributed by atoms with Gasteiger partial charge in [-0.05, 0) is 50.0 Å². The molecule has 0 aromatic heterocycles. The average Bonchev–Trinajstić information content (AvgIpc) is 2.29. The minimum absolute atomic E-state index is 0.669. The van der Waals surface area contributed by atoms with Crippen LogP contribution in [0.25, 0.3) is 0 Å². The van der Waals surface area contributed by atoms with E-state index in [9.17, 15) is 0 Å². The van der Waals surface area contributed by atoms with Crippen LogP contribution in [0.3, 0.4) is 0 Å². The molecule has 0 bridgehead atoms. The highest BCUT2D eigenvalue weighted by Crippen LogP contribution is 2.23. The summed E-state index contributed by atoms with van der Waals surface area (Å²) in [6.07, 6.45) is 1.24. The van der Waals surface area contributed by atoms with Crippen molar-refractivity contribution in [2.24, 2.45) is 5.92 Å². The van der Waals surface area contributed by atoms with Gasteiger partial charge in [-0.3, -0.25) is 0 Å². The fourth-order valence-corrected chi connectivity index (χ4v) is 2.61. The summed E-state index contributed by atoms with van der Waals surface area (Å²) in [7, 11) is 2.22. The number of aryl methyl sites for hydroxylation is 1. The summed E-state index contributed by atoms with van der Waals surface area (Å²) >= 11 is 0. The molecule has 2 nitrogen and oxygen atoms in total. The highest BCUT2D eigenvalue weighted by atomic mass is 15.2. The molecule has 1 N–H and O–H groups in total. The third-order valence-corrected chi connectivity index (χ3v) is 3.65. The van der Waals surface area contributed by atoms with Crippen LogP contribution in [-0.2, 0) is 0 Å². The van der Waals surface area contributed by atoms with Crippen molar-refractivity contribution in [1.82, 2.24) is 5.32 Å². The minimum atomic E-state index is 0.669. The first-order valence-electron chi connectivity index (χ1n) is 6.18. The highest BCUT2D eigenvalue weighted by molar-refractivity contribution is 5.48. The van der Waals surface area contributed by atoms with Gasteiger partial charge in [0.05, 0.1) is 0 Å². The van der Waals surface area contributed by atoms with Crippen molar-refractivity contribution < 1.29 is 0 Å². The zero-order valence-electron chi connectivity index (χ0n) is 10.5. The number of benzene rings is 1. The standard InChI is InChI=1S/C14H22N2/c1-11-5-4-6-13(9-11)16(3)14-7-8-15-10-12(14)2/h4-6,9,12,14-15H,7-8,10H2,1-3H3. The summed E-state index contributed by atoms with van der Waals surface area (Å²) in [5.41, 5.74) is 2.68. The lowest BCUT2D eigenvalue weighted by Crippen LogP contribution is -2.47. The number of anilines is 1. The van der Waals surface area contributed by atoms with Crippen LogP contribution in [0, 0.1) is 12.8 Å². The van der Waals surface area contributed by atoms with E-state index < -0.39 is 0 Å². The Bertz CT molecular complexity index is 348. The topological polar surface area (TPSA) is 15.3 Å². The van der Waals surface area contributed by atoms with Crippen LogP contribution in [0.4, 0.5) is 5.69 Å². The summed E-state index contributed by atoms with van der Waals surface area (Å²) in [5.74, 6) is 0.722. The average molecular weight is 218 g/mol. The first kappa shape index (κ1) is 11.5. The van der Waals surface area contributed by atoms with Crippen LogP contribution in [-0.4, -0.2) is 26.2 Å². The zero-order chi connectivity index (χ0) is 11.5. The molecule has 0 radical (unpaired) electrons. The van der Waals surface area contributed by atoms with E-state index in [0.717, 1.165) is 19.0 Å². The molecule has 0 aliphatic carbocycles. The maximum absolute atomic E-state index is 3.46. The van der Waals surface area contributed by atoms with Gasteiger partial charge in [0.15, 0.2) is 0 Å². The van der Waals surface area contributed by atoms with E-state index in [0.29, 0.717) is 6.04 Å². The second-order valence-corrected chi connectivity index (χ2v) is 4.99. The van der Waals surface area contributed by atoms with Gasteiger partial charge in [-0.25, -0.2) is 0 Å². The van der Waals surface area contributed by atoms with E-state index in [1.165, 1.54) is 17.7 Å². The Morgan fingerprint density at radius 1 is 1.38 bits per heavy atom. The zero-order valence-corrected chi connectivity index (χ0v) is 10.5.